The Kier molecular flexibility index (Phi) is 2.89. The molecule has 0 unspecified atom stereocenters. The highest BCUT2D eigenvalue weighted by molar-refractivity contribution is 7.00. The first kappa shape index (κ1) is 11.7. The van der Waals surface area contributed by atoms with Gasteiger partial charge in [0.05, 0.1) is 11.7 Å². The van der Waals surface area contributed by atoms with Crippen molar-refractivity contribution in [2.75, 3.05) is 0 Å². The number of nitrogens with zero attached hydrogens (tertiary/aromatic N) is 2. The molecule has 0 aliphatic rings. The van der Waals surface area contributed by atoms with Crippen molar-refractivity contribution in [3.8, 4) is 11.1 Å². The van der Waals surface area contributed by atoms with Crippen LogP contribution >= 0.6 is 11.7 Å². The van der Waals surface area contributed by atoms with Gasteiger partial charge in [-0.25, -0.2) is 0 Å². The number of hydrogen-bond acceptors (Lipinski definition) is 5. The van der Waals surface area contributed by atoms with Crippen LogP contribution in [0.5, 0.6) is 0 Å². The number of fused-ring (bicyclic) bond motifs is 1. The molecule has 2 aromatic carbocycles. The third kappa shape index (κ3) is 1.94. The standard InChI is InChI=1S/C14H8N2O2S/c17-7-9-1-3-10(4-2-9)12-6-5-11(8-18)13-14(12)16-19-15-13/h1-8H. The van der Waals surface area contributed by atoms with Crippen molar-refractivity contribution in [1.82, 2.24) is 8.75 Å². The molecule has 0 amide bonds. The van der Waals surface area contributed by atoms with E-state index in [1.54, 1.807) is 18.2 Å². The highest BCUT2D eigenvalue weighted by atomic mass is 32.1. The lowest BCUT2D eigenvalue weighted by atomic mass is 10.0. The fourth-order valence-electron chi connectivity index (χ4n) is 1.95. The van der Waals surface area contributed by atoms with E-state index in [0.29, 0.717) is 22.2 Å². The maximum atomic E-state index is 10.9. The summed E-state index contributed by atoms with van der Waals surface area (Å²) in [6.07, 6.45) is 1.59. The van der Waals surface area contributed by atoms with Crippen LogP contribution in [0.3, 0.4) is 0 Å². The number of carbonyl (C=O) groups is 2. The first-order chi connectivity index (χ1) is 9.33. The summed E-state index contributed by atoms with van der Waals surface area (Å²) >= 11 is 1.08. The minimum absolute atomic E-state index is 0.539. The molecule has 0 spiro atoms. The molecule has 5 heteroatoms. The Bertz CT molecular complexity index is 763. The Labute approximate surface area is 113 Å². The molecule has 1 aromatic heterocycles. The molecule has 0 fully saturated rings. The second kappa shape index (κ2) is 4.70. The number of aldehydes is 2. The van der Waals surface area contributed by atoms with Crippen LogP contribution in [-0.2, 0) is 0 Å². The second-order valence-corrected chi connectivity index (χ2v) is 4.55. The molecule has 0 N–H and O–H groups in total. The maximum absolute atomic E-state index is 10.9. The topological polar surface area (TPSA) is 59.9 Å². The monoisotopic (exact) mass is 268 g/mol. The smallest absolute Gasteiger partial charge is 0.152 e. The molecule has 92 valence electrons. The lowest BCUT2D eigenvalue weighted by Gasteiger charge is -2.03. The van der Waals surface area contributed by atoms with Crippen molar-refractivity contribution >= 4 is 35.3 Å². The molecule has 0 radical (unpaired) electrons. The molecule has 0 atom stereocenters. The average Bonchev–Trinajstić information content (AvgIpc) is 2.96. The molecule has 4 nitrogen and oxygen atoms in total. The van der Waals surface area contributed by atoms with Crippen LogP contribution in [0.2, 0.25) is 0 Å². The highest BCUT2D eigenvalue weighted by Gasteiger charge is 2.11. The van der Waals surface area contributed by atoms with Crippen molar-refractivity contribution in [2.45, 2.75) is 0 Å². The summed E-state index contributed by atoms with van der Waals surface area (Å²) in [5.74, 6) is 0. The number of aromatic nitrogens is 2. The van der Waals surface area contributed by atoms with Crippen molar-refractivity contribution in [2.24, 2.45) is 0 Å². The number of carbonyl (C=O) groups excluding carboxylic acids is 2. The van der Waals surface area contributed by atoms with E-state index in [2.05, 4.69) is 8.75 Å². The van der Waals surface area contributed by atoms with Gasteiger partial charge in [0.25, 0.3) is 0 Å². The summed E-state index contributed by atoms with van der Waals surface area (Å²) in [5, 5.41) is 0. The molecular formula is C14H8N2O2S. The lowest BCUT2D eigenvalue weighted by Crippen LogP contribution is -1.87. The van der Waals surface area contributed by atoms with E-state index < -0.39 is 0 Å². The van der Waals surface area contributed by atoms with Crippen LogP contribution in [0.4, 0.5) is 0 Å². The van der Waals surface area contributed by atoms with E-state index >= 15 is 0 Å². The molecule has 3 aromatic rings. The second-order valence-electron chi connectivity index (χ2n) is 4.02. The SMILES string of the molecule is O=Cc1ccc(-c2ccc(C=O)c3nsnc23)cc1. The predicted octanol–water partition coefficient (Wildman–Crippen LogP) is 2.98. The van der Waals surface area contributed by atoms with Crippen molar-refractivity contribution in [1.29, 1.82) is 0 Å². The van der Waals surface area contributed by atoms with E-state index in [-0.39, 0.29) is 0 Å². The zero-order chi connectivity index (χ0) is 13.2. The minimum atomic E-state index is 0.539. The van der Waals surface area contributed by atoms with E-state index in [1.165, 1.54) is 0 Å². The van der Waals surface area contributed by atoms with E-state index in [1.807, 2.05) is 18.2 Å². The first-order valence-corrected chi connectivity index (χ1v) is 6.32. The Morgan fingerprint density at radius 2 is 1.58 bits per heavy atom. The van der Waals surface area contributed by atoms with E-state index in [4.69, 9.17) is 0 Å². The zero-order valence-corrected chi connectivity index (χ0v) is 10.6. The number of benzene rings is 2. The van der Waals surface area contributed by atoms with Gasteiger partial charge in [-0.15, -0.1) is 0 Å². The van der Waals surface area contributed by atoms with Gasteiger partial charge in [-0.05, 0) is 11.6 Å². The van der Waals surface area contributed by atoms with Crippen molar-refractivity contribution in [3.63, 3.8) is 0 Å². The van der Waals surface area contributed by atoms with Crippen LogP contribution in [0.1, 0.15) is 20.7 Å². The molecule has 3 rings (SSSR count). The summed E-state index contributed by atoms with van der Waals surface area (Å²) in [6, 6.07) is 10.8. The number of hydrogen-bond donors (Lipinski definition) is 0. The third-order valence-electron chi connectivity index (χ3n) is 2.93. The van der Waals surface area contributed by atoms with Crippen LogP contribution in [0, 0.1) is 0 Å². The average molecular weight is 268 g/mol. The molecule has 1 heterocycles. The predicted molar refractivity (Wildman–Crippen MR) is 73.6 cm³/mol. The molecule has 0 saturated heterocycles. The van der Waals surface area contributed by atoms with Crippen LogP contribution in [0.25, 0.3) is 22.2 Å². The summed E-state index contributed by atoms with van der Waals surface area (Å²) in [6.45, 7) is 0. The summed E-state index contributed by atoms with van der Waals surface area (Å²) in [4.78, 5) is 21.6. The highest BCUT2D eigenvalue weighted by Crippen LogP contribution is 2.29. The molecule has 0 saturated carbocycles. The van der Waals surface area contributed by atoms with Gasteiger partial charge in [-0.3, -0.25) is 9.59 Å². The van der Waals surface area contributed by atoms with Crippen LogP contribution < -0.4 is 0 Å². The number of rotatable bonds is 3. The Morgan fingerprint density at radius 1 is 0.842 bits per heavy atom. The van der Waals surface area contributed by atoms with Crippen molar-refractivity contribution in [3.05, 3.63) is 47.5 Å². The van der Waals surface area contributed by atoms with E-state index in [0.717, 1.165) is 35.4 Å². The molecular weight excluding hydrogens is 260 g/mol. The molecule has 0 aliphatic heterocycles. The summed E-state index contributed by atoms with van der Waals surface area (Å²) in [5.41, 5.74) is 4.36. The van der Waals surface area contributed by atoms with Gasteiger partial charge in [-0.2, -0.15) is 8.75 Å². The zero-order valence-electron chi connectivity index (χ0n) is 9.74. The Hall–Kier alpha value is -2.40. The van der Waals surface area contributed by atoms with Gasteiger partial charge in [0, 0.05) is 16.7 Å². The van der Waals surface area contributed by atoms with Crippen LogP contribution in [0.15, 0.2) is 36.4 Å². The first-order valence-electron chi connectivity index (χ1n) is 5.59. The fraction of sp³-hybridized carbons (Fsp3) is 0. The van der Waals surface area contributed by atoms with Gasteiger partial charge in [-0.1, -0.05) is 30.3 Å². The minimum Gasteiger partial charge on any atom is -0.298 e. The Morgan fingerprint density at radius 3 is 2.26 bits per heavy atom. The molecule has 0 bridgehead atoms. The van der Waals surface area contributed by atoms with E-state index in [9.17, 15) is 9.59 Å². The van der Waals surface area contributed by atoms with Gasteiger partial charge in [0.1, 0.15) is 17.3 Å². The lowest BCUT2D eigenvalue weighted by molar-refractivity contribution is 0.111. The summed E-state index contributed by atoms with van der Waals surface area (Å²) < 4.78 is 8.40. The quantitative estimate of drug-likeness (QED) is 0.685. The van der Waals surface area contributed by atoms with Crippen molar-refractivity contribution < 1.29 is 9.59 Å². The maximum Gasteiger partial charge on any atom is 0.152 e. The van der Waals surface area contributed by atoms with Crippen LogP contribution in [-0.4, -0.2) is 21.3 Å². The van der Waals surface area contributed by atoms with Gasteiger partial charge >= 0.3 is 0 Å². The molecule has 19 heavy (non-hydrogen) atoms. The Balaban J connectivity index is 2.21. The summed E-state index contributed by atoms with van der Waals surface area (Å²) in [7, 11) is 0. The third-order valence-corrected chi connectivity index (χ3v) is 3.46. The van der Waals surface area contributed by atoms with Gasteiger partial charge < -0.3 is 0 Å². The molecule has 0 aliphatic carbocycles. The largest absolute Gasteiger partial charge is 0.298 e. The van der Waals surface area contributed by atoms with Gasteiger partial charge in [0.15, 0.2) is 6.29 Å². The van der Waals surface area contributed by atoms with Gasteiger partial charge in [0.2, 0.25) is 0 Å². The fourth-order valence-corrected chi connectivity index (χ4v) is 2.54. The normalized spacial score (nSPS) is 10.5.